The van der Waals surface area contributed by atoms with Gasteiger partial charge in [0.05, 0.1) is 0 Å². The standard InChI is InChI=1S/C21H42.7CH4/c1-16-11-17(2)13-19(4)15-21(7,8)10-9-20(5,6)14-18(3)12-16;;;;;;;/h16-19H,9-15H2,1-8H3;7*1H4. The summed E-state index contributed by atoms with van der Waals surface area (Å²) in [6, 6.07) is 0. The molecule has 0 aromatic rings. The zero-order valence-electron chi connectivity index (χ0n) is 16.3. The van der Waals surface area contributed by atoms with Crippen molar-refractivity contribution in [1.82, 2.24) is 0 Å². The van der Waals surface area contributed by atoms with Crippen LogP contribution in [0, 0.1) is 34.5 Å². The van der Waals surface area contributed by atoms with Crippen LogP contribution in [-0.4, -0.2) is 0 Å². The van der Waals surface area contributed by atoms with E-state index < -0.39 is 0 Å². The first-order valence-corrected chi connectivity index (χ1v) is 9.49. The van der Waals surface area contributed by atoms with Gasteiger partial charge < -0.3 is 0 Å². The molecule has 1 aliphatic rings. The summed E-state index contributed by atoms with van der Waals surface area (Å²) in [5.41, 5.74) is 1.03. The van der Waals surface area contributed by atoms with Crippen molar-refractivity contribution < 1.29 is 0 Å². The molecule has 0 saturated heterocycles. The maximum Gasteiger partial charge on any atom is -0.0351 e. The number of rotatable bonds is 0. The Hall–Kier alpha value is 0. The molecular formula is C28H70. The van der Waals surface area contributed by atoms with Crippen molar-refractivity contribution in [2.75, 3.05) is 0 Å². The van der Waals surface area contributed by atoms with Gasteiger partial charge in [0.25, 0.3) is 0 Å². The third kappa shape index (κ3) is 19.3. The largest absolute Gasteiger partial charge is 0.0776 e. The second-order valence-electron chi connectivity index (χ2n) is 10.4. The molecule has 0 aromatic heterocycles. The molecule has 0 amide bonds. The van der Waals surface area contributed by atoms with Crippen LogP contribution in [0.1, 0.15) is 152 Å². The molecule has 1 saturated carbocycles. The Balaban J connectivity index is -0.000000126. The van der Waals surface area contributed by atoms with Crippen LogP contribution in [0.4, 0.5) is 0 Å². The fourth-order valence-electron chi connectivity index (χ4n) is 5.19. The molecule has 0 aromatic carbocycles. The maximum atomic E-state index is 2.50. The first-order chi connectivity index (χ1) is 9.49. The zero-order chi connectivity index (χ0) is 16.3. The Kier molecular flexibility index (Phi) is 31.4. The molecular weight excluding hydrogens is 336 g/mol. The van der Waals surface area contributed by atoms with E-state index >= 15 is 0 Å². The van der Waals surface area contributed by atoms with E-state index in [0.717, 1.165) is 23.7 Å². The van der Waals surface area contributed by atoms with Gasteiger partial charge in [0.1, 0.15) is 0 Å². The Labute approximate surface area is 187 Å². The van der Waals surface area contributed by atoms with Crippen molar-refractivity contribution in [3.05, 3.63) is 0 Å². The highest BCUT2D eigenvalue weighted by molar-refractivity contribution is 4.80. The molecule has 0 nitrogen and oxygen atoms in total. The third-order valence-corrected chi connectivity index (χ3v) is 5.69. The predicted octanol–water partition coefficient (Wildman–Crippen LogP) is 11.8. The smallest absolute Gasteiger partial charge is 0.0351 e. The monoisotopic (exact) mass is 407 g/mol. The minimum Gasteiger partial charge on any atom is -0.0776 e. The molecule has 0 heterocycles. The van der Waals surface area contributed by atoms with Crippen LogP contribution < -0.4 is 0 Å². The van der Waals surface area contributed by atoms with Crippen molar-refractivity contribution in [2.45, 2.75) is 152 Å². The quantitative estimate of drug-likeness (QED) is 0.375. The van der Waals surface area contributed by atoms with Crippen molar-refractivity contribution in [3.63, 3.8) is 0 Å². The molecule has 0 radical (unpaired) electrons. The van der Waals surface area contributed by atoms with Gasteiger partial charge in [-0.1, -0.05) is 107 Å². The topological polar surface area (TPSA) is 0 Å². The second-order valence-corrected chi connectivity index (χ2v) is 10.4. The molecule has 1 rings (SSSR count). The summed E-state index contributed by atoms with van der Waals surface area (Å²) in [6.45, 7) is 19.9. The molecule has 28 heavy (non-hydrogen) atoms. The summed E-state index contributed by atoms with van der Waals surface area (Å²) >= 11 is 0. The summed E-state index contributed by atoms with van der Waals surface area (Å²) in [6.07, 6.45) is 9.85. The molecule has 0 aliphatic heterocycles. The fourth-order valence-corrected chi connectivity index (χ4v) is 5.19. The van der Waals surface area contributed by atoms with Gasteiger partial charge >= 0.3 is 0 Å². The summed E-state index contributed by atoms with van der Waals surface area (Å²) < 4.78 is 0. The minimum atomic E-state index is 0. The molecule has 1 fully saturated rings. The van der Waals surface area contributed by atoms with E-state index in [4.69, 9.17) is 0 Å². The molecule has 4 atom stereocenters. The summed E-state index contributed by atoms with van der Waals surface area (Å²) in [5.74, 6) is 3.55. The summed E-state index contributed by atoms with van der Waals surface area (Å²) in [4.78, 5) is 0. The maximum absolute atomic E-state index is 2.50. The summed E-state index contributed by atoms with van der Waals surface area (Å²) in [5, 5.41) is 0. The molecule has 1 aliphatic carbocycles. The van der Waals surface area contributed by atoms with Gasteiger partial charge in [-0.2, -0.15) is 0 Å². The van der Waals surface area contributed by atoms with E-state index in [1.54, 1.807) is 0 Å². The van der Waals surface area contributed by atoms with Gasteiger partial charge in [0.2, 0.25) is 0 Å². The van der Waals surface area contributed by atoms with E-state index in [-0.39, 0.29) is 52.0 Å². The van der Waals surface area contributed by atoms with E-state index in [9.17, 15) is 0 Å². The lowest BCUT2D eigenvalue weighted by Crippen LogP contribution is -2.22. The summed E-state index contributed by atoms with van der Waals surface area (Å²) in [7, 11) is 0. The molecule has 0 heteroatoms. The van der Waals surface area contributed by atoms with Crippen LogP contribution in [-0.2, 0) is 0 Å². The van der Waals surface area contributed by atoms with Crippen molar-refractivity contribution >= 4 is 0 Å². The van der Waals surface area contributed by atoms with E-state index in [1.165, 1.54) is 44.9 Å². The van der Waals surface area contributed by atoms with E-state index in [2.05, 4.69) is 55.4 Å². The lowest BCUT2D eigenvalue weighted by molar-refractivity contribution is 0.175. The zero-order valence-corrected chi connectivity index (χ0v) is 16.3. The van der Waals surface area contributed by atoms with Gasteiger partial charge in [-0.3, -0.25) is 0 Å². The highest BCUT2D eigenvalue weighted by Gasteiger charge is 2.29. The Morgan fingerprint density at radius 1 is 0.429 bits per heavy atom. The van der Waals surface area contributed by atoms with Crippen molar-refractivity contribution in [3.8, 4) is 0 Å². The van der Waals surface area contributed by atoms with Crippen molar-refractivity contribution in [2.24, 2.45) is 34.5 Å². The minimum absolute atomic E-state index is 0. The lowest BCUT2D eigenvalue weighted by atomic mass is 9.71. The van der Waals surface area contributed by atoms with Crippen LogP contribution in [0.25, 0.3) is 0 Å². The normalized spacial score (nSPS) is 29.1. The van der Waals surface area contributed by atoms with Crippen molar-refractivity contribution in [1.29, 1.82) is 0 Å². The first-order valence-electron chi connectivity index (χ1n) is 9.49. The van der Waals surface area contributed by atoms with E-state index in [1.807, 2.05) is 0 Å². The Bertz CT molecular complexity index is 269. The average Bonchev–Trinajstić information content (AvgIpc) is 2.23. The molecule has 4 unspecified atom stereocenters. The molecule has 0 bridgehead atoms. The number of hydrogen-bond acceptors (Lipinski definition) is 0. The SMILES string of the molecule is C.C.C.C.C.C.C.CC1CC(C)CC(C)CC(C)(C)CCC(C)(C)CC(C)C1. The Morgan fingerprint density at radius 2 is 0.643 bits per heavy atom. The van der Waals surface area contributed by atoms with Gasteiger partial charge in [-0.05, 0) is 79.4 Å². The highest BCUT2D eigenvalue weighted by Crippen LogP contribution is 2.41. The molecule has 0 spiro atoms. The predicted molar refractivity (Wildman–Crippen MR) is 144 cm³/mol. The Morgan fingerprint density at radius 3 is 0.893 bits per heavy atom. The fraction of sp³-hybridized carbons (Fsp3) is 1.00. The first kappa shape index (κ1) is 46.3. The average molecular weight is 407 g/mol. The van der Waals surface area contributed by atoms with Crippen LogP contribution in [0.2, 0.25) is 0 Å². The van der Waals surface area contributed by atoms with E-state index in [0.29, 0.717) is 10.8 Å². The highest BCUT2D eigenvalue weighted by atomic mass is 14.3. The molecule has 182 valence electrons. The van der Waals surface area contributed by atoms with Crippen LogP contribution in [0.3, 0.4) is 0 Å². The van der Waals surface area contributed by atoms with Crippen LogP contribution in [0.15, 0.2) is 0 Å². The third-order valence-electron chi connectivity index (χ3n) is 5.69. The second kappa shape index (κ2) is 19.0. The number of hydrogen-bond donors (Lipinski definition) is 0. The lowest BCUT2D eigenvalue weighted by Gasteiger charge is -2.34. The van der Waals surface area contributed by atoms with Gasteiger partial charge in [0, 0.05) is 0 Å². The molecule has 0 N–H and O–H groups in total. The van der Waals surface area contributed by atoms with Gasteiger partial charge in [0.15, 0.2) is 0 Å². The van der Waals surface area contributed by atoms with Crippen LogP contribution >= 0.6 is 0 Å². The van der Waals surface area contributed by atoms with Crippen LogP contribution in [0.5, 0.6) is 0 Å². The van der Waals surface area contributed by atoms with Gasteiger partial charge in [-0.25, -0.2) is 0 Å². The van der Waals surface area contributed by atoms with Gasteiger partial charge in [-0.15, -0.1) is 0 Å².